The molecular formula is C48H64N10O14S2. The van der Waals surface area contributed by atoms with E-state index in [1.54, 1.807) is 74.6 Å². The molecule has 24 nitrogen and oxygen atoms in total. The Morgan fingerprint density at radius 1 is 0.689 bits per heavy atom. The molecule has 26 heteroatoms. The fraction of sp³-hybridized carbons (Fsp3) is 0.479. The number of likely N-dealkylation sites (tertiary alicyclic amines) is 1. The number of aliphatic carboxylic acids is 3. The molecule has 0 aliphatic carbocycles. The van der Waals surface area contributed by atoms with E-state index in [1.165, 1.54) is 0 Å². The number of carbonyl (C=O) groups is 11. The quantitative estimate of drug-likeness (QED) is 0.0357. The van der Waals surface area contributed by atoms with Crippen molar-refractivity contribution in [3.63, 3.8) is 0 Å². The summed E-state index contributed by atoms with van der Waals surface area (Å²) < 4.78 is 0. The minimum absolute atomic E-state index is 0.0209. The van der Waals surface area contributed by atoms with Gasteiger partial charge in [-0.25, -0.2) is 4.79 Å². The summed E-state index contributed by atoms with van der Waals surface area (Å²) in [5, 5.41) is 46.5. The minimum atomic E-state index is -1.65. The Kier molecular flexibility index (Phi) is 23.2. The second-order valence-electron chi connectivity index (χ2n) is 18.1. The zero-order chi connectivity index (χ0) is 54.6. The summed E-state index contributed by atoms with van der Waals surface area (Å²) in [6.45, 7) is 2.73. The lowest BCUT2D eigenvalue weighted by atomic mass is 9.99. The van der Waals surface area contributed by atoms with Gasteiger partial charge in [-0.15, -0.1) is 0 Å². The number of hydrogen-bond acceptors (Lipinski definition) is 14. The largest absolute Gasteiger partial charge is 0.481 e. The molecule has 4 rings (SSSR count). The zero-order valence-electron chi connectivity index (χ0n) is 40.7. The zero-order valence-corrected chi connectivity index (χ0v) is 42.5. The van der Waals surface area contributed by atoms with E-state index in [2.05, 4.69) is 67.5 Å². The molecule has 0 unspecified atom stereocenters. The predicted molar refractivity (Wildman–Crippen MR) is 273 cm³/mol. The van der Waals surface area contributed by atoms with Gasteiger partial charge in [-0.2, -0.15) is 25.3 Å². The van der Waals surface area contributed by atoms with E-state index < -0.39 is 139 Å². The summed E-state index contributed by atoms with van der Waals surface area (Å²) in [6.07, 6.45) is -0.0326. The highest BCUT2D eigenvalue weighted by atomic mass is 32.1. The summed E-state index contributed by atoms with van der Waals surface area (Å²) in [7, 11) is 0. The number of nitrogens with two attached hydrogens (primary N) is 1. The van der Waals surface area contributed by atoms with Crippen molar-refractivity contribution in [1.82, 2.24) is 47.1 Å². The van der Waals surface area contributed by atoms with Gasteiger partial charge in [0, 0.05) is 54.4 Å². The number of aromatic nitrogens is 1. The van der Waals surface area contributed by atoms with Crippen molar-refractivity contribution in [2.45, 2.75) is 114 Å². The number of fused-ring (bicyclic) bond motifs is 1. The topological polar surface area (TPSA) is 378 Å². The summed E-state index contributed by atoms with van der Waals surface area (Å²) in [4.78, 5) is 149. The summed E-state index contributed by atoms with van der Waals surface area (Å²) in [5.41, 5.74) is 7.58. The maximum absolute atomic E-state index is 14.6. The Hall–Kier alpha value is -7.19. The first kappa shape index (κ1) is 59.4. The number of aromatic amines is 1. The number of nitrogens with one attached hydrogen (secondary N) is 8. The monoisotopic (exact) mass is 1070 g/mol. The molecule has 3 aromatic rings. The molecule has 0 spiro atoms. The van der Waals surface area contributed by atoms with Crippen LogP contribution in [0.2, 0.25) is 0 Å². The number of benzene rings is 2. The van der Waals surface area contributed by atoms with Crippen LogP contribution in [0.15, 0.2) is 60.8 Å². The van der Waals surface area contributed by atoms with E-state index >= 15 is 0 Å². The number of carboxylic acid groups (broad SMARTS) is 3. The molecule has 1 saturated heterocycles. The van der Waals surface area contributed by atoms with Gasteiger partial charge in [0.25, 0.3) is 0 Å². The van der Waals surface area contributed by atoms with E-state index in [9.17, 15) is 68.1 Å². The van der Waals surface area contributed by atoms with Crippen LogP contribution >= 0.6 is 25.3 Å². The van der Waals surface area contributed by atoms with Gasteiger partial charge >= 0.3 is 17.9 Å². The normalized spacial score (nSPS) is 16.0. The van der Waals surface area contributed by atoms with Gasteiger partial charge in [-0.05, 0) is 48.8 Å². The van der Waals surface area contributed by atoms with Crippen LogP contribution in [-0.4, -0.2) is 163 Å². The third-order valence-electron chi connectivity index (χ3n) is 11.9. The highest BCUT2D eigenvalue weighted by Gasteiger charge is 2.40. The van der Waals surface area contributed by atoms with Crippen molar-refractivity contribution in [2.75, 3.05) is 24.6 Å². The number of carboxylic acids is 3. The molecule has 8 atom stereocenters. The minimum Gasteiger partial charge on any atom is -0.481 e. The first-order valence-electron chi connectivity index (χ1n) is 23.7. The second-order valence-corrected chi connectivity index (χ2v) is 18.8. The van der Waals surface area contributed by atoms with Gasteiger partial charge in [0.1, 0.15) is 42.3 Å². The molecule has 2 heterocycles. The Bertz CT molecular complexity index is 2510. The molecule has 402 valence electrons. The van der Waals surface area contributed by atoms with Gasteiger partial charge in [0.15, 0.2) is 0 Å². The molecule has 1 aliphatic heterocycles. The third-order valence-corrected chi connectivity index (χ3v) is 12.6. The summed E-state index contributed by atoms with van der Waals surface area (Å²) >= 11 is 7.94. The van der Waals surface area contributed by atoms with Crippen LogP contribution < -0.4 is 43.0 Å². The standard InChI is InChI=1S/C48H64N10O14S2/c1-25(2)17-32(43(66)55-33(18-26-9-4-3-5-10-26)44(67)57-36(24-74)48(71)72)54-45(68)34(19-27-21-50-30-12-7-6-11-28(27)30)56-46(69)37-13-8-16-58(37)47(70)31(14-15-39(60)61)52-38(59)22-51-42(65)35(20-40(62)63)53-41(64)29(49)23-73/h3-7,9-12,21,25,29,31-37,50,73-74H,8,13-20,22-24,49H2,1-2H3,(H,51,65)(H,52,59)(H,53,64)(H,54,68)(H,55,66)(H,56,69)(H,57,67)(H,60,61)(H,62,63)(H,71,72)/t29-,31-,32-,33-,34-,35-,36-,37-/m0/s1. The fourth-order valence-corrected chi connectivity index (χ4v) is 8.49. The number of carbonyl (C=O) groups excluding carboxylic acids is 8. The lowest BCUT2D eigenvalue weighted by Crippen LogP contribution is -2.60. The summed E-state index contributed by atoms with van der Waals surface area (Å²) in [5.74, 6) is -11.7. The molecule has 74 heavy (non-hydrogen) atoms. The highest BCUT2D eigenvalue weighted by molar-refractivity contribution is 7.80. The van der Waals surface area contributed by atoms with Crippen LogP contribution in [0.5, 0.6) is 0 Å². The fourth-order valence-electron chi connectivity index (χ4n) is 8.07. The first-order valence-corrected chi connectivity index (χ1v) is 25.0. The molecule has 0 radical (unpaired) electrons. The van der Waals surface area contributed by atoms with Gasteiger partial charge < -0.3 is 68.2 Å². The van der Waals surface area contributed by atoms with Crippen molar-refractivity contribution in [1.29, 1.82) is 0 Å². The van der Waals surface area contributed by atoms with Gasteiger partial charge in [0.2, 0.25) is 47.3 Å². The van der Waals surface area contributed by atoms with Gasteiger partial charge in [0.05, 0.1) is 19.0 Å². The average Bonchev–Trinajstić information content (AvgIpc) is 4.02. The number of thiol groups is 2. The molecule has 0 saturated carbocycles. The van der Waals surface area contributed by atoms with Crippen LogP contribution in [0.25, 0.3) is 10.9 Å². The van der Waals surface area contributed by atoms with E-state index in [4.69, 9.17) is 5.73 Å². The number of hydrogen-bond donors (Lipinski definition) is 14. The Morgan fingerprint density at radius 2 is 1.30 bits per heavy atom. The average molecular weight is 1070 g/mol. The van der Waals surface area contributed by atoms with Crippen LogP contribution in [0.4, 0.5) is 0 Å². The molecule has 1 aromatic heterocycles. The number of H-pyrrole nitrogens is 1. The van der Waals surface area contributed by atoms with E-state index in [1.807, 2.05) is 0 Å². The predicted octanol–water partition coefficient (Wildman–Crippen LogP) is -1.37. The molecule has 1 fully saturated rings. The maximum Gasteiger partial charge on any atom is 0.327 e. The van der Waals surface area contributed by atoms with Gasteiger partial charge in [-0.3, -0.25) is 47.9 Å². The molecule has 0 bridgehead atoms. The van der Waals surface area contributed by atoms with Crippen molar-refractivity contribution in [2.24, 2.45) is 11.7 Å². The summed E-state index contributed by atoms with van der Waals surface area (Å²) in [6, 6.07) is 4.84. The second kappa shape index (κ2) is 28.9. The lowest BCUT2D eigenvalue weighted by Gasteiger charge is -2.30. The van der Waals surface area contributed by atoms with Gasteiger partial charge in [-0.1, -0.05) is 62.4 Å². The number of nitrogens with zero attached hydrogens (tertiary/aromatic N) is 1. The van der Waals surface area contributed by atoms with E-state index in [-0.39, 0.29) is 56.1 Å². The molecule has 13 N–H and O–H groups in total. The van der Waals surface area contributed by atoms with Crippen LogP contribution in [0, 0.1) is 5.92 Å². The van der Waals surface area contributed by atoms with Crippen molar-refractivity contribution in [3.05, 3.63) is 71.9 Å². The number of rotatable bonds is 29. The number of para-hydroxylation sites is 1. The highest BCUT2D eigenvalue weighted by Crippen LogP contribution is 2.23. The van der Waals surface area contributed by atoms with Crippen molar-refractivity contribution >= 4 is 101 Å². The van der Waals surface area contributed by atoms with Crippen molar-refractivity contribution < 1.29 is 68.1 Å². The molecule has 1 aliphatic rings. The molecule has 8 amide bonds. The third kappa shape index (κ3) is 18.1. The Labute approximate surface area is 436 Å². The van der Waals surface area contributed by atoms with E-state index in [0.29, 0.717) is 11.1 Å². The van der Waals surface area contributed by atoms with Crippen LogP contribution in [0.1, 0.15) is 63.5 Å². The SMILES string of the molecule is CC(C)C[C@H](NC(=O)[C@H](Cc1c[nH]c2ccccc12)NC(=O)[C@@H]1CCCN1C(=O)[C@H](CCC(=O)O)NC(=O)CNC(=O)[C@H](CC(=O)O)NC(=O)[C@@H](N)CS)C(=O)N[C@@H](Cc1ccccc1)C(=O)N[C@@H](CS)C(=O)O. The Morgan fingerprint density at radius 3 is 1.92 bits per heavy atom. The molecular weight excluding hydrogens is 1000 g/mol. The number of amides is 8. The maximum atomic E-state index is 14.6. The molecule has 2 aromatic carbocycles. The lowest BCUT2D eigenvalue weighted by molar-refractivity contribution is -0.143. The van der Waals surface area contributed by atoms with Crippen molar-refractivity contribution in [3.8, 4) is 0 Å². The van der Waals surface area contributed by atoms with Crippen LogP contribution in [-0.2, 0) is 65.6 Å². The van der Waals surface area contributed by atoms with Crippen LogP contribution in [0.3, 0.4) is 0 Å². The Balaban J connectivity index is 1.58. The smallest absolute Gasteiger partial charge is 0.327 e. The van der Waals surface area contributed by atoms with E-state index in [0.717, 1.165) is 15.8 Å². The first-order chi connectivity index (χ1) is 35.1.